The number of anilines is 1. The van der Waals surface area contributed by atoms with Crippen molar-refractivity contribution in [2.45, 2.75) is 0 Å². The molecule has 0 aromatic heterocycles. The fourth-order valence-electron chi connectivity index (χ4n) is 3.21. The van der Waals surface area contributed by atoms with Gasteiger partial charge in [-0.25, -0.2) is 9.29 Å². The van der Waals surface area contributed by atoms with Gasteiger partial charge in [-0.15, -0.1) is 0 Å². The number of amides is 2. The lowest BCUT2D eigenvalue weighted by molar-refractivity contribution is -0.120. The van der Waals surface area contributed by atoms with Gasteiger partial charge in [0.2, 0.25) is 0 Å². The van der Waals surface area contributed by atoms with Crippen LogP contribution in [0.3, 0.4) is 0 Å². The average Bonchev–Trinajstić information content (AvgIpc) is 2.98. The number of hydrogen-bond donors (Lipinski definition) is 1. The van der Waals surface area contributed by atoms with Crippen molar-refractivity contribution in [1.29, 1.82) is 0 Å². The summed E-state index contributed by atoms with van der Waals surface area (Å²) >= 11 is 0. The van der Waals surface area contributed by atoms with Gasteiger partial charge in [-0.3, -0.25) is 9.59 Å². The Morgan fingerprint density at radius 1 is 1.00 bits per heavy atom. The summed E-state index contributed by atoms with van der Waals surface area (Å²) in [6.07, 6.45) is 0. The van der Waals surface area contributed by atoms with Gasteiger partial charge >= 0.3 is 0 Å². The maximum Gasteiger partial charge on any atom is 0.282 e. The molecule has 1 N–H and O–H groups in total. The van der Waals surface area contributed by atoms with Crippen molar-refractivity contribution in [3.63, 3.8) is 0 Å². The Hall–Kier alpha value is -3.39. The lowest BCUT2D eigenvalue weighted by Gasteiger charge is -2.21. The number of nitrogens with zero attached hydrogens (tertiary/aromatic N) is 2. The van der Waals surface area contributed by atoms with Crippen LogP contribution in [0.2, 0.25) is 0 Å². The van der Waals surface area contributed by atoms with Gasteiger partial charge in [-0.1, -0.05) is 12.1 Å². The Morgan fingerprint density at radius 2 is 1.66 bits per heavy atom. The zero-order valence-corrected chi connectivity index (χ0v) is 16.3. The largest absolute Gasteiger partial charge is 0.493 e. The molecular formula is C21H21FN2O5. The minimum absolute atomic E-state index is 0.130. The van der Waals surface area contributed by atoms with Crippen molar-refractivity contribution < 1.29 is 28.6 Å². The molecule has 0 atom stereocenters. The van der Waals surface area contributed by atoms with Gasteiger partial charge in [-0.05, 0) is 29.8 Å². The minimum Gasteiger partial charge on any atom is -0.493 e. The number of halogens is 1. The second-order valence-corrected chi connectivity index (χ2v) is 6.36. The smallest absolute Gasteiger partial charge is 0.282 e. The van der Waals surface area contributed by atoms with Gasteiger partial charge < -0.3 is 19.5 Å². The van der Waals surface area contributed by atoms with E-state index in [1.165, 1.54) is 49.5 Å². The monoisotopic (exact) mass is 400 g/mol. The molecule has 8 heteroatoms. The molecule has 2 amide bonds. The molecule has 0 saturated carbocycles. The number of benzene rings is 2. The molecule has 3 rings (SSSR count). The Bertz CT molecular complexity index is 972. The minimum atomic E-state index is -0.548. The van der Waals surface area contributed by atoms with Crippen molar-refractivity contribution in [1.82, 2.24) is 4.90 Å². The lowest BCUT2D eigenvalue weighted by atomic mass is 10.0. The van der Waals surface area contributed by atoms with Crippen LogP contribution in [0.4, 0.5) is 10.1 Å². The molecule has 0 radical (unpaired) electrons. The van der Waals surface area contributed by atoms with E-state index in [4.69, 9.17) is 9.47 Å². The zero-order valence-electron chi connectivity index (χ0n) is 16.3. The Morgan fingerprint density at radius 3 is 2.24 bits per heavy atom. The summed E-state index contributed by atoms with van der Waals surface area (Å²) in [4.78, 5) is 29.0. The molecule has 0 fully saturated rings. The topological polar surface area (TPSA) is 79.3 Å². The Labute approximate surface area is 167 Å². The molecule has 2 aromatic carbocycles. The number of carbonyl (C=O) groups is 2. The van der Waals surface area contributed by atoms with Crippen molar-refractivity contribution in [2.24, 2.45) is 0 Å². The number of imide groups is 1. The van der Waals surface area contributed by atoms with Crippen LogP contribution in [0.15, 0.2) is 48.2 Å². The van der Waals surface area contributed by atoms with Crippen LogP contribution in [0, 0.1) is 5.82 Å². The van der Waals surface area contributed by atoms with Gasteiger partial charge in [0.15, 0.2) is 11.5 Å². The Kier molecular flexibility index (Phi) is 5.84. The Balaban J connectivity index is 2.11. The van der Waals surface area contributed by atoms with Crippen molar-refractivity contribution in [3.8, 4) is 11.5 Å². The normalized spacial score (nSPS) is 13.9. The highest BCUT2D eigenvalue weighted by Crippen LogP contribution is 2.38. The number of ether oxygens (including phenoxy) is 2. The van der Waals surface area contributed by atoms with E-state index < -0.39 is 17.6 Å². The fraction of sp³-hybridized carbons (Fsp3) is 0.238. The predicted molar refractivity (Wildman–Crippen MR) is 105 cm³/mol. The first-order valence-electron chi connectivity index (χ1n) is 8.86. The first kappa shape index (κ1) is 20.3. The predicted octanol–water partition coefficient (Wildman–Crippen LogP) is 2.05. The highest BCUT2D eigenvalue weighted by atomic mass is 19.1. The van der Waals surface area contributed by atoms with E-state index >= 15 is 0 Å². The quantitative estimate of drug-likeness (QED) is 0.717. The van der Waals surface area contributed by atoms with Crippen molar-refractivity contribution >= 4 is 23.1 Å². The molecule has 0 bridgehead atoms. The molecule has 0 spiro atoms. The molecule has 29 heavy (non-hydrogen) atoms. The molecular weight excluding hydrogens is 379 g/mol. The lowest BCUT2D eigenvalue weighted by Crippen LogP contribution is -2.34. The van der Waals surface area contributed by atoms with E-state index in [1.54, 1.807) is 19.2 Å². The second kappa shape index (κ2) is 8.32. The third kappa shape index (κ3) is 3.66. The number of carbonyl (C=O) groups excluding carboxylic acids is 2. The van der Waals surface area contributed by atoms with Crippen molar-refractivity contribution in [2.75, 3.05) is 39.3 Å². The molecule has 0 unspecified atom stereocenters. The fourth-order valence-corrected chi connectivity index (χ4v) is 3.21. The highest BCUT2D eigenvalue weighted by molar-refractivity contribution is 6.45. The zero-order chi connectivity index (χ0) is 21.1. The molecule has 2 aromatic rings. The van der Waals surface area contributed by atoms with E-state index in [-0.39, 0.29) is 24.4 Å². The van der Waals surface area contributed by atoms with E-state index in [0.29, 0.717) is 22.7 Å². The highest BCUT2D eigenvalue weighted by Gasteiger charge is 2.41. The maximum absolute atomic E-state index is 13.4. The van der Waals surface area contributed by atoms with E-state index in [9.17, 15) is 19.1 Å². The van der Waals surface area contributed by atoms with Crippen LogP contribution in [-0.2, 0) is 9.59 Å². The van der Waals surface area contributed by atoms with Gasteiger partial charge in [0.05, 0.1) is 32.1 Å². The van der Waals surface area contributed by atoms with Crippen molar-refractivity contribution in [3.05, 3.63) is 59.5 Å². The standard InChI is InChI=1S/C21H21FN2O5/c1-23(10-11-25)19-18(13-4-6-14(22)7-5-13)20(26)24(21(19)27)15-8-9-16(28-2)17(12-15)29-3/h4-9,12,25H,10-11H2,1-3H3. The molecule has 7 nitrogen and oxygen atoms in total. The number of aliphatic hydroxyl groups is 1. The molecule has 152 valence electrons. The number of methoxy groups -OCH3 is 2. The summed E-state index contributed by atoms with van der Waals surface area (Å²) in [5, 5.41) is 9.30. The van der Waals surface area contributed by atoms with Crippen LogP contribution in [0.5, 0.6) is 11.5 Å². The van der Waals surface area contributed by atoms with Gasteiger partial charge in [0.25, 0.3) is 11.8 Å². The van der Waals surface area contributed by atoms with E-state index in [2.05, 4.69) is 0 Å². The first-order valence-corrected chi connectivity index (χ1v) is 8.86. The molecule has 1 heterocycles. The third-order valence-corrected chi connectivity index (χ3v) is 4.63. The summed E-state index contributed by atoms with van der Waals surface area (Å²) in [7, 11) is 4.55. The van der Waals surface area contributed by atoms with Crippen LogP contribution in [0.25, 0.3) is 5.57 Å². The number of rotatable bonds is 7. The van der Waals surface area contributed by atoms with E-state index in [0.717, 1.165) is 4.90 Å². The molecule has 1 aliphatic rings. The summed E-state index contributed by atoms with van der Waals surface area (Å²) < 4.78 is 23.8. The van der Waals surface area contributed by atoms with Crippen LogP contribution in [0.1, 0.15) is 5.56 Å². The number of hydrogen-bond acceptors (Lipinski definition) is 6. The van der Waals surface area contributed by atoms with Crippen LogP contribution >= 0.6 is 0 Å². The van der Waals surface area contributed by atoms with Gasteiger partial charge in [-0.2, -0.15) is 0 Å². The second-order valence-electron chi connectivity index (χ2n) is 6.36. The van der Waals surface area contributed by atoms with Crippen LogP contribution < -0.4 is 14.4 Å². The molecule has 0 saturated heterocycles. The molecule has 0 aliphatic carbocycles. The average molecular weight is 400 g/mol. The SMILES string of the molecule is COc1ccc(N2C(=O)C(c3ccc(F)cc3)=C(N(C)CCO)C2=O)cc1OC. The summed E-state index contributed by atoms with van der Waals surface area (Å²) in [6, 6.07) is 10.1. The first-order chi connectivity index (χ1) is 13.9. The van der Waals surface area contributed by atoms with Gasteiger partial charge in [0, 0.05) is 19.7 Å². The third-order valence-electron chi connectivity index (χ3n) is 4.63. The molecule has 1 aliphatic heterocycles. The maximum atomic E-state index is 13.4. The summed E-state index contributed by atoms with van der Waals surface area (Å²) in [5.74, 6) is -0.718. The number of aliphatic hydroxyl groups excluding tert-OH is 1. The number of likely N-dealkylation sites (N-methyl/N-ethyl adjacent to an activating group) is 1. The summed E-state index contributed by atoms with van der Waals surface area (Å²) in [5.41, 5.74) is 0.989. The van der Waals surface area contributed by atoms with E-state index in [1.807, 2.05) is 0 Å². The van der Waals surface area contributed by atoms with Crippen LogP contribution in [-0.4, -0.2) is 56.2 Å². The summed E-state index contributed by atoms with van der Waals surface area (Å²) in [6.45, 7) is -0.0483. The van der Waals surface area contributed by atoms with Gasteiger partial charge in [0.1, 0.15) is 11.5 Å².